The molecular weight excluding hydrogens is 310 g/mol. The first-order valence-electron chi connectivity index (χ1n) is 7.28. The molecule has 0 radical (unpaired) electrons. The van der Waals surface area contributed by atoms with Crippen molar-refractivity contribution >= 4 is 23.6 Å². The molecular formula is C17H19N3O2S. The Morgan fingerprint density at radius 1 is 1.13 bits per heavy atom. The zero-order valence-electron chi connectivity index (χ0n) is 12.6. The number of nitrogens with zero attached hydrogens (tertiary/aromatic N) is 1. The number of thioether (sulfide) groups is 1. The first-order chi connectivity index (χ1) is 11.2. The number of rotatable bonds is 8. The second-order valence-electron chi connectivity index (χ2n) is 4.93. The van der Waals surface area contributed by atoms with Crippen LogP contribution in [0.15, 0.2) is 54.7 Å². The van der Waals surface area contributed by atoms with Crippen molar-refractivity contribution in [3.63, 3.8) is 0 Å². The molecule has 1 aromatic carbocycles. The number of pyridine rings is 1. The van der Waals surface area contributed by atoms with Crippen molar-refractivity contribution in [2.24, 2.45) is 5.73 Å². The van der Waals surface area contributed by atoms with E-state index in [-0.39, 0.29) is 23.6 Å². The standard InChI is InChI=1S/C17H19N3O2S/c18-15(21)12-23-11-9-16(22)20-17(13-6-2-1-3-7-13)14-8-4-5-10-19-14/h1-8,10,17H,9,11-12H2,(H2,18,21)(H,20,22). The van der Waals surface area contributed by atoms with Crippen molar-refractivity contribution in [2.45, 2.75) is 12.5 Å². The van der Waals surface area contributed by atoms with E-state index in [1.165, 1.54) is 11.8 Å². The molecule has 2 rings (SSSR count). The van der Waals surface area contributed by atoms with Gasteiger partial charge in [-0.15, -0.1) is 0 Å². The average molecular weight is 329 g/mol. The number of carbonyl (C=O) groups excluding carboxylic acids is 2. The molecule has 120 valence electrons. The van der Waals surface area contributed by atoms with Crippen molar-refractivity contribution in [1.29, 1.82) is 0 Å². The fourth-order valence-electron chi connectivity index (χ4n) is 2.09. The molecule has 0 aliphatic rings. The van der Waals surface area contributed by atoms with Gasteiger partial charge >= 0.3 is 0 Å². The Bertz CT molecular complexity index is 595. The van der Waals surface area contributed by atoms with E-state index in [4.69, 9.17) is 5.73 Å². The molecule has 2 amide bonds. The summed E-state index contributed by atoms with van der Waals surface area (Å²) in [5.74, 6) is 0.334. The van der Waals surface area contributed by atoms with Gasteiger partial charge in [-0.1, -0.05) is 36.4 Å². The van der Waals surface area contributed by atoms with Gasteiger partial charge in [-0.25, -0.2) is 0 Å². The van der Waals surface area contributed by atoms with E-state index >= 15 is 0 Å². The van der Waals surface area contributed by atoms with E-state index in [0.29, 0.717) is 12.2 Å². The molecule has 1 heterocycles. The highest BCUT2D eigenvalue weighted by Crippen LogP contribution is 2.20. The highest BCUT2D eigenvalue weighted by Gasteiger charge is 2.17. The Morgan fingerprint density at radius 3 is 2.52 bits per heavy atom. The van der Waals surface area contributed by atoms with E-state index in [1.807, 2.05) is 48.5 Å². The number of hydrogen-bond acceptors (Lipinski definition) is 4. The number of nitrogens with one attached hydrogen (secondary N) is 1. The van der Waals surface area contributed by atoms with Crippen LogP contribution in [0.3, 0.4) is 0 Å². The number of amides is 2. The van der Waals surface area contributed by atoms with Crippen LogP contribution in [0.4, 0.5) is 0 Å². The third-order valence-electron chi connectivity index (χ3n) is 3.14. The quantitative estimate of drug-likeness (QED) is 0.724. The fourth-order valence-corrected chi connectivity index (χ4v) is 2.77. The van der Waals surface area contributed by atoms with E-state index < -0.39 is 0 Å². The summed E-state index contributed by atoms with van der Waals surface area (Å²) in [6.07, 6.45) is 2.04. The topological polar surface area (TPSA) is 85.1 Å². The predicted molar refractivity (Wildman–Crippen MR) is 91.8 cm³/mol. The molecule has 3 N–H and O–H groups in total. The minimum Gasteiger partial charge on any atom is -0.369 e. The second-order valence-corrected chi connectivity index (χ2v) is 6.04. The Kier molecular flexibility index (Phi) is 6.62. The van der Waals surface area contributed by atoms with Gasteiger partial charge in [-0.05, 0) is 17.7 Å². The van der Waals surface area contributed by atoms with Gasteiger partial charge in [0.2, 0.25) is 11.8 Å². The summed E-state index contributed by atoms with van der Waals surface area (Å²) in [6, 6.07) is 15.1. The number of hydrogen-bond donors (Lipinski definition) is 2. The largest absolute Gasteiger partial charge is 0.369 e. The van der Waals surface area contributed by atoms with Crippen molar-refractivity contribution in [3.05, 3.63) is 66.0 Å². The van der Waals surface area contributed by atoms with Crippen molar-refractivity contribution < 1.29 is 9.59 Å². The monoisotopic (exact) mass is 329 g/mol. The van der Waals surface area contributed by atoms with Gasteiger partial charge in [0.05, 0.1) is 17.5 Å². The summed E-state index contributed by atoms with van der Waals surface area (Å²) in [5, 5.41) is 3.01. The first kappa shape index (κ1) is 17.0. The molecule has 5 nitrogen and oxygen atoms in total. The normalized spacial score (nSPS) is 11.7. The average Bonchev–Trinajstić information content (AvgIpc) is 2.58. The van der Waals surface area contributed by atoms with E-state index in [1.54, 1.807) is 6.20 Å². The zero-order valence-corrected chi connectivity index (χ0v) is 13.5. The molecule has 0 fully saturated rings. The van der Waals surface area contributed by atoms with E-state index in [0.717, 1.165) is 11.3 Å². The van der Waals surface area contributed by atoms with E-state index in [2.05, 4.69) is 10.3 Å². The number of carbonyl (C=O) groups is 2. The third kappa shape index (κ3) is 5.75. The lowest BCUT2D eigenvalue weighted by molar-refractivity contribution is -0.121. The fraction of sp³-hybridized carbons (Fsp3) is 0.235. The minimum absolute atomic E-state index is 0.0820. The van der Waals surface area contributed by atoms with Gasteiger partial charge in [-0.2, -0.15) is 11.8 Å². The molecule has 2 aromatic rings. The molecule has 1 aromatic heterocycles. The molecule has 0 saturated heterocycles. The molecule has 0 bridgehead atoms. The van der Waals surface area contributed by atoms with Crippen LogP contribution in [0.5, 0.6) is 0 Å². The summed E-state index contributed by atoms with van der Waals surface area (Å²) in [7, 11) is 0. The smallest absolute Gasteiger partial charge is 0.227 e. The van der Waals surface area contributed by atoms with Crippen LogP contribution in [0.25, 0.3) is 0 Å². The predicted octanol–water partition coefficient (Wildman–Crippen LogP) is 1.90. The van der Waals surface area contributed by atoms with Crippen molar-refractivity contribution in [2.75, 3.05) is 11.5 Å². The van der Waals surface area contributed by atoms with Gasteiger partial charge in [-0.3, -0.25) is 14.6 Å². The minimum atomic E-state index is -0.369. The summed E-state index contributed by atoms with van der Waals surface area (Å²) in [6.45, 7) is 0. The zero-order chi connectivity index (χ0) is 16.5. The maximum absolute atomic E-state index is 12.2. The number of primary amides is 1. The van der Waals surface area contributed by atoms with Crippen LogP contribution in [-0.4, -0.2) is 28.3 Å². The van der Waals surface area contributed by atoms with Crippen LogP contribution < -0.4 is 11.1 Å². The first-order valence-corrected chi connectivity index (χ1v) is 8.43. The SMILES string of the molecule is NC(=O)CSCCC(=O)NC(c1ccccc1)c1ccccn1. The Morgan fingerprint density at radius 2 is 1.87 bits per heavy atom. The van der Waals surface area contributed by atoms with Gasteiger partial charge in [0.15, 0.2) is 0 Å². The molecule has 23 heavy (non-hydrogen) atoms. The molecule has 0 saturated carbocycles. The molecule has 6 heteroatoms. The van der Waals surface area contributed by atoms with Crippen molar-refractivity contribution in [1.82, 2.24) is 10.3 Å². The number of nitrogens with two attached hydrogens (primary N) is 1. The lowest BCUT2D eigenvalue weighted by Gasteiger charge is -2.18. The van der Waals surface area contributed by atoms with Crippen LogP contribution in [0.1, 0.15) is 23.7 Å². The second kappa shape index (κ2) is 8.95. The Hall–Kier alpha value is -2.34. The molecule has 1 unspecified atom stereocenters. The third-order valence-corrected chi connectivity index (χ3v) is 4.12. The highest BCUT2D eigenvalue weighted by atomic mass is 32.2. The summed E-state index contributed by atoms with van der Waals surface area (Å²) >= 11 is 1.36. The lowest BCUT2D eigenvalue weighted by Crippen LogP contribution is -2.30. The molecule has 0 aliphatic heterocycles. The Balaban J connectivity index is 2.01. The lowest BCUT2D eigenvalue weighted by atomic mass is 10.0. The summed E-state index contributed by atoms with van der Waals surface area (Å²) < 4.78 is 0. The van der Waals surface area contributed by atoms with Crippen LogP contribution in [0.2, 0.25) is 0 Å². The van der Waals surface area contributed by atoms with Gasteiger partial charge < -0.3 is 11.1 Å². The summed E-state index contributed by atoms with van der Waals surface area (Å²) in [4.78, 5) is 27.2. The van der Waals surface area contributed by atoms with Gasteiger partial charge in [0.1, 0.15) is 0 Å². The van der Waals surface area contributed by atoms with Gasteiger partial charge in [0.25, 0.3) is 0 Å². The van der Waals surface area contributed by atoms with Crippen molar-refractivity contribution in [3.8, 4) is 0 Å². The maximum Gasteiger partial charge on any atom is 0.227 e. The van der Waals surface area contributed by atoms with E-state index in [9.17, 15) is 9.59 Å². The highest BCUT2D eigenvalue weighted by molar-refractivity contribution is 7.99. The van der Waals surface area contributed by atoms with Crippen LogP contribution in [-0.2, 0) is 9.59 Å². The number of benzene rings is 1. The van der Waals surface area contributed by atoms with Crippen LogP contribution >= 0.6 is 11.8 Å². The maximum atomic E-state index is 12.2. The summed E-state index contributed by atoms with van der Waals surface area (Å²) in [5.41, 5.74) is 6.84. The van der Waals surface area contributed by atoms with Gasteiger partial charge in [0, 0.05) is 18.4 Å². The van der Waals surface area contributed by atoms with Crippen LogP contribution in [0, 0.1) is 0 Å². The molecule has 1 atom stereocenters. The number of aromatic nitrogens is 1. The molecule has 0 aliphatic carbocycles. The Labute approximate surface area is 139 Å². The molecule has 0 spiro atoms.